The number of rotatable bonds is 3. The van der Waals surface area contributed by atoms with Gasteiger partial charge in [0.05, 0.1) is 25.9 Å². The van der Waals surface area contributed by atoms with Crippen LogP contribution in [0.4, 0.5) is 5.69 Å². The maximum atomic E-state index is 12.6. The van der Waals surface area contributed by atoms with Crippen molar-refractivity contribution in [3.63, 3.8) is 0 Å². The van der Waals surface area contributed by atoms with Gasteiger partial charge in [0, 0.05) is 24.8 Å². The van der Waals surface area contributed by atoms with Crippen molar-refractivity contribution in [1.82, 2.24) is 4.90 Å². The van der Waals surface area contributed by atoms with Gasteiger partial charge in [-0.25, -0.2) is 0 Å². The molecule has 1 aromatic rings. The number of nitrogen functional groups attached to an aromatic ring is 1. The fourth-order valence-corrected chi connectivity index (χ4v) is 2.48. The first-order valence-corrected chi connectivity index (χ1v) is 6.96. The molecule has 0 aromatic heterocycles. The molecule has 1 aliphatic heterocycles. The molecule has 0 aliphatic carbocycles. The third-order valence-corrected chi connectivity index (χ3v) is 3.99. The zero-order chi connectivity index (χ0) is 15.6. The van der Waals surface area contributed by atoms with Crippen LogP contribution in [-0.2, 0) is 0 Å². The second-order valence-corrected chi connectivity index (χ2v) is 5.38. The minimum Gasteiger partial charge on any atom is -0.493 e. The number of hydrogen-bond donors (Lipinski definition) is 2. The number of anilines is 1. The number of ether oxygens (including phenoxy) is 2. The molecule has 0 saturated carbocycles. The van der Waals surface area contributed by atoms with Crippen LogP contribution in [0.25, 0.3) is 0 Å². The predicted molar refractivity (Wildman–Crippen MR) is 79.6 cm³/mol. The standard InChI is InChI=1S/C15H22N2O4/c1-9-4-5-17(8-12(9)18)15(19)10-6-13(20-2)14(21-3)7-11(10)16/h6-7,9,12,18H,4-5,8,16H2,1-3H3. The first-order chi connectivity index (χ1) is 9.97. The van der Waals surface area contributed by atoms with E-state index < -0.39 is 6.10 Å². The highest BCUT2D eigenvalue weighted by Crippen LogP contribution is 2.33. The van der Waals surface area contributed by atoms with Gasteiger partial charge in [-0.3, -0.25) is 4.79 Å². The molecule has 6 nitrogen and oxygen atoms in total. The fraction of sp³-hybridized carbons (Fsp3) is 0.533. The number of β-amino-alcohol motifs (C(OH)–C–C–N with tert-alkyl or cyclic N) is 1. The topological polar surface area (TPSA) is 85.0 Å². The van der Waals surface area contributed by atoms with E-state index in [0.717, 1.165) is 6.42 Å². The summed E-state index contributed by atoms with van der Waals surface area (Å²) in [6.45, 7) is 2.93. The molecule has 21 heavy (non-hydrogen) atoms. The Morgan fingerprint density at radius 1 is 1.33 bits per heavy atom. The van der Waals surface area contributed by atoms with Crippen LogP contribution in [0.1, 0.15) is 23.7 Å². The third-order valence-electron chi connectivity index (χ3n) is 3.99. The van der Waals surface area contributed by atoms with Gasteiger partial charge >= 0.3 is 0 Å². The molecule has 1 fully saturated rings. The number of piperidine rings is 1. The molecular weight excluding hydrogens is 272 g/mol. The third kappa shape index (κ3) is 3.05. The molecule has 1 amide bonds. The lowest BCUT2D eigenvalue weighted by molar-refractivity contribution is 0.0249. The largest absolute Gasteiger partial charge is 0.493 e. The molecule has 1 aromatic carbocycles. The summed E-state index contributed by atoms with van der Waals surface area (Å²) >= 11 is 0. The van der Waals surface area contributed by atoms with Gasteiger partial charge < -0.3 is 25.2 Å². The molecule has 0 bridgehead atoms. The van der Waals surface area contributed by atoms with Gasteiger partial charge in [-0.2, -0.15) is 0 Å². The average molecular weight is 294 g/mol. The number of nitrogens with two attached hydrogens (primary N) is 1. The van der Waals surface area contributed by atoms with Gasteiger partial charge in [0.15, 0.2) is 11.5 Å². The van der Waals surface area contributed by atoms with Crippen molar-refractivity contribution < 1.29 is 19.4 Å². The SMILES string of the molecule is COc1cc(N)c(C(=O)N2CCC(C)C(O)C2)cc1OC. The summed E-state index contributed by atoms with van der Waals surface area (Å²) in [5.74, 6) is 0.955. The lowest BCUT2D eigenvalue weighted by Gasteiger charge is -2.34. The second-order valence-electron chi connectivity index (χ2n) is 5.38. The maximum Gasteiger partial charge on any atom is 0.256 e. The van der Waals surface area contributed by atoms with Gasteiger partial charge in [0.25, 0.3) is 5.91 Å². The van der Waals surface area contributed by atoms with Crippen molar-refractivity contribution in [3.8, 4) is 11.5 Å². The highest BCUT2D eigenvalue weighted by Gasteiger charge is 2.29. The Morgan fingerprint density at radius 2 is 1.95 bits per heavy atom. The molecule has 0 spiro atoms. The van der Waals surface area contributed by atoms with Crippen LogP contribution in [0.15, 0.2) is 12.1 Å². The van der Waals surface area contributed by atoms with Crippen LogP contribution >= 0.6 is 0 Å². The molecular formula is C15H22N2O4. The van der Waals surface area contributed by atoms with Crippen molar-refractivity contribution in [2.45, 2.75) is 19.4 Å². The van der Waals surface area contributed by atoms with Crippen molar-refractivity contribution in [2.75, 3.05) is 33.0 Å². The number of carbonyl (C=O) groups excluding carboxylic acids is 1. The summed E-state index contributed by atoms with van der Waals surface area (Å²) in [7, 11) is 3.02. The lowest BCUT2D eigenvalue weighted by atomic mass is 9.95. The Bertz CT molecular complexity index is 533. The molecule has 2 rings (SSSR count). The number of methoxy groups -OCH3 is 2. The van der Waals surface area contributed by atoms with Crippen molar-refractivity contribution in [2.24, 2.45) is 5.92 Å². The highest BCUT2D eigenvalue weighted by molar-refractivity contribution is 6.00. The molecule has 1 saturated heterocycles. The summed E-state index contributed by atoms with van der Waals surface area (Å²) in [6.07, 6.45) is 0.282. The van der Waals surface area contributed by atoms with Crippen LogP contribution in [0.3, 0.4) is 0 Å². The number of likely N-dealkylation sites (tertiary alicyclic amines) is 1. The van der Waals surface area contributed by atoms with Crippen LogP contribution in [0.5, 0.6) is 11.5 Å². The van der Waals surface area contributed by atoms with Gasteiger partial charge in [-0.15, -0.1) is 0 Å². The fourth-order valence-electron chi connectivity index (χ4n) is 2.48. The summed E-state index contributed by atoms with van der Waals surface area (Å²) in [5, 5.41) is 9.93. The Kier molecular flexibility index (Phi) is 4.57. The first-order valence-electron chi connectivity index (χ1n) is 6.96. The smallest absolute Gasteiger partial charge is 0.256 e. The summed E-state index contributed by atoms with van der Waals surface area (Å²) < 4.78 is 10.4. The zero-order valence-electron chi connectivity index (χ0n) is 12.6. The van der Waals surface area contributed by atoms with Gasteiger partial charge in [-0.05, 0) is 18.4 Å². The number of hydrogen-bond acceptors (Lipinski definition) is 5. The van der Waals surface area contributed by atoms with E-state index in [2.05, 4.69) is 0 Å². The van der Waals surface area contributed by atoms with E-state index in [1.807, 2.05) is 6.92 Å². The van der Waals surface area contributed by atoms with Crippen molar-refractivity contribution in [3.05, 3.63) is 17.7 Å². The van der Waals surface area contributed by atoms with E-state index in [9.17, 15) is 9.90 Å². The van der Waals surface area contributed by atoms with Gasteiger partial charge in [-0.1, -0.05) is 6.92 Å². The van der Waals surface area contributed by atoms with Crippen LogP contribution in [0, 0.1) is 5.92 Å². The minimum atomic E-state index is -0.496. The van der Waals surface area contributed by atoms with Crippen LogP contribution in [0.2, 0.25) is 0 Å². The van der Waals surface area contributed by atoms with Crippen molar-refractivity contribution in [1.29, 1.82) is 0 Å². The normalized spacial score (nSPS) is 22.0. The van der Waals surface area contributed by atoms with Gasteiger partial charge in [0.1, 0.15) is 0 Å². The Hall–Kier alpha value is -1.95. The summed E-state index contributed by atoms with van der Waals surface area (Å²) in [6, 6.07) is 3.16. The number of nitrogens with zero attached hydrogens (tertiary/aromatic N) is 1. The Labute approximate surface area is 124 Å². The molecule has 6 heteroatoms. The molecule has 3 N–H and O–H groups in total. The molecule has 1 aliphatic rings. The minimum absolute atomic E-state index is 0.195. The van der Waals surface area contributed by atoms with E-state index in [-0.39, 0.29) is 11.8 Å². The van der Waals surface area contributed by atoms with E-state index in [4.69, 9.17) is 15.2 Å². The first kappa shape index (κ1) is 15.4. The number of aliphatic hydroxyl groups is 1. The number of carbonyl (C=O) groups is 1. The second kappa shape index (κ2) is 6.22. The monoisotopic (exact) mass is 294 g/mol. The number of benzene rings is 1. The van der Waals surface area contributed by atoms with E-state index in [1.165, 1.54) is 14.2 Å². The quantitative estimate of drug-likeness (QED) is 0.816. The highest BCUT2D eigenvalue weighted by atomic mass is 16.5. The van der Waals surface area contributed by atoms with E-state index >= 15 is 0 Å². The number of amides is 1. The maximum absolute atomic E-state index is 12.6. The van der Waals surface area contributed by atoms with Gasteiger partial charge in [0.2, 0.25) is 0 Å². The average Bonchev–Trinajstić information content (AvgIpc) is 2.49. The zero-order valence-corrected chi connectivity index (χ0v) is 12.6. The van der Waals surface area contributed by atoms with E-state index in [0.29, 0.717) is 35.8 Å². The Balaban J connectivity index is 2.27. The van der Waals surface area contributed by atoms with Crippen LogP contribution < -0.4 is 15.2 Å². The molecule has 116 valence electrons. The molecule has 2 unspecified atom stereocenters. The Morgan fingerprint density at radius 3 is 2.52 bits per heavy atom. The van der Waals surface area contributed by atoms with Crippen molar-refractivity contribution >= 4 is 11.6 Å². The molecule has 1 heterocycles. The molecule has 0 radical (unpaired) electrons. The van der Waals surface area contributed by atoms with E-state index in [1.54, 1.807) is 17.0 Å². The summed E-state index contributed by atoms with van der Waals surface area (Å²) in [4.78, 5) is 14.2. The molecule has 2 atom stereocenters. The predicted octanol–water partition coefficient (Wildman–Crippen LogP) is 1.13. The lowest BCUT2D eigenvalue weighted by Crippen LogP contribution is -2.46. The number of aliphatic hydroxyl groups excluding tert-OH is 1. The summed E-state index contributed by atoms with van der Waals surface area (Å²) in [5.41, 5.74) is 6.65. The van der Waals surface area contributed by atoms with Crippen LogP contribution in [-0.4, -0.2) is 49.3 Å².